The number of carbonyl (C=O) groups excluding carboxylic acids is 4. The van der Waals surface area contributed by atoms with Crippen molar-refractivity contribution in [1.29, 1.82) is 0 Å². The minimum Gasteiger partial charge on any atom is -0.354 e. The Balaban J connectivity index is 1.20. The molecule has 2 bridgehead atoms. The molecule has 54 heavy (non-hydrogen) atoms. The van der Waals surface area contributed by atoms with Gasteiger partial charge in [-0.05, 0) is 99.6 Å². The fourth-order valence-corrected chi connectivity index (χ4v) is 9.26. The molecule has 8 rings (SSSR count). The van der Waals surface area contributed by atoms with Crippen LogP contribution in [0.4, 0.5) is 0 Å². The number of Topliss-reactive ketones (excluding diaryl/α,β-unsaturated/α-hetero) is 3. The van der Waals surface area contributed by atoms with Crippen LogP contribution >= 0.6 is 0 Å². The molecule has 12 heteroatoms. The maximum atomic E-state index is 14.7. The fraction of sp³-hybridized carbons (Fsp3) is 0.524. The van der Waals surface area contributed by atoms with Crippen molar-refractivity contribution in [3.8, 4) is 11.1 Å². The zero-order chi connectivity index (χ0) is 37.8. The van der Waals surface area contributed by atoms with Crippen molar-refractivity contribution in [2.75, 3.05) is 20.0 Å². The average molecular weight is 733 g/mol. The van der Waals surface area contributed by atoms with Crippen molar-refractivity contribution in [3.63, 3.8) is 0 Å². The van der Waals surface area contributed by atoms with E-state index in [1.807, 2.05) is 39.0 Å². The second kappa shape index (κ2) is 14.2. The number of aromatic nitrogens is 5. The molecular weight excluding hydrogens is 684 g/mol. The maximum absolute atomic E-state index is 14.7. The zero-order valence-corrected chi connectivity index (χ0v) is 31.7. The summed E-state index contributed by atoms with van der Waals surface area (Å²) in [4.78, 5) is 71.5. The number of ether oxygens (including phenoxy) is 2. The van der Waals surface area contributed by atoms with E-state index in [0.717, 1.165) is 64.8 Å². The number of hydrogen-bond acceptors (Lipinski definition) is 10. The average Bonchev–Trinajstić information content (AvgIpc) is 3.56. The Kier molecular flexibility index (Phi) is 9.54. The third-order valence-corrected chi connectivity index (χ3v) is 12.4. The van der Waals surface area contributed by atoms with Gasteiger partial charge in [0.15, 0.2) is 11.6 Å². The molecular formula is C42H48N6O6. The summed E-state index contributed by atoms with van der Waals surface area (Å²) < 4.78 is 13.2. The molecule has 1 amide bonds. The van der Waals surface area contributed by atoms with E-state index >= 15 is 0 Å². The smallest absolute Gasteiger partial charge is 0.245 e. The molecule has 3 aliphatic heterocycles. The van der Waals surface area contributed by atoms with Gasteiger partial charge in [-0.2, -0.15) is 5.10 Å². The summed E-state index contributed by atoms with van der Waals surface area (Å²) in [5.41, 5.74) is 5.15. The summed E-state index contributed by atoms with van der Waals surface area (Å²) in [5.74, 6) is 0.343. The van der Waals surface area contributed by atoms with Crippen LogP contribution in [-0.2, 0) is 43.2 Å². The van der Waals surface area contributed by atoms with Gasteiger partial charge < -0.3 is 14.4 Å². The molecule has 4 aromatic rings. The number of ketones is 3. The van der Waals surface area contributed by atoms with Gasteiger partial charge in [-0.1, -0.05) is 18.9 Å². The van der Waals surface area contributed by atoms with Gasteiger partial charge in [0, 0.05) is 48.4 Å². The number of amides is 1. The predicted molar refractivity (Wildman–Crippen MR) is 200 cm³/mol. The van der Waals surface area contributed by atoms with E-state index in [4.69, 9.17) is 14.6 Å². The lowest BCUT2D eigenvalue weighted by atomic mass is 9.76. The van der Waals surface area contributed by atoms with E-state index in [0.29, 0.717) is 62.2 Å². The normalized spacial score (nSPS) is 24.4. The van der Waals surface area contributed by atoms with Gasteiger partial charge in [0.1, 0.15) is 30.6 Å². The molecule has 0 N–H and O–H groups in total. The van der Waals surface area contributed by atoms with Gasteiger partial charge in [0.2, 0.25) is 5.91 Å². The summed E-state index contributed by atoms with van der Waals surface area (Å²) in [6.07, 6.45) is 9.73. The number of nitrogens with zero attached hydrogens (tertiary/aromatic N) is 6. The predicted octanol–water partition coefficient (Wildman–Crippen LogP) is 5.64. The molecule has 6 heterocycles. The van der Waals surface area contributed by atoms with E-state index in [-0.39, 0.29) is 54.5 Å². The lowest BCUT2D eigenvalue weighted by Crippen LogP contribution is -2.45. The first-order valence-electron chi connectivity index (χ1n) is 19.3. The van der Waals surface area contributed by atoms with Gasteiger partial charge >= 0.3 is 0 Å². The van der Waals surface area contributed by atoms with Crippen molar-refractivity contribution in [3.05, 3.63) is 70.7 Å². The van der Waals surface area contributed by atoms with E-state index in [9.17, 15) is 19.2 Å². The molecule has 1 aliphatic carbocycles. The van der Waals surface area contributed by atoms with E-state index in [1.165, 1.54) is 6.92 Å². The van der Waals surface area contributed by atoms with Crippen LogP contribution in [0.1, 0.15) is 97.1 Å². The second-order valence-corrected chi connectivity index (χ2v) is 16.2. The molecule has 12 nitrogen and oxygen atoms in total. The van der Waals surface area contributed by atoms with Gasteiger partial charge in [0.25, 0.3) is 0 Å². The Labute approximate surface area is 315 Å². The number of hydrogen-bond donors (Lipinski definition) is 0. The van der Waals surface area contributed by atoms with E-state index in [2.05, 4.69) is 21.0 Å². The number of pyridine rings is 1. The summed E-state index contributed by atoms with van der Waals surface area (Å²) in [7, 11) is 0. The van der Waals surface area contributed by atoms with Crippen LogP contribution in [0.3, 0.4) is 0 Å². The van der Waals surface area contributed by atoms with Crippen molar-refractivity contribution in [2.24, 2.45) is 10.8 Å². The lowest BCUT2D eigenvalue weighted by molar-refractivity contribution is -0.178. The molecule has 3 fully saturated rings. The first-order chi connectivity index (χ1) is 26.0. The SMILES string of the molecule is CC(=O)c1nn2c3c(cc(-c4cnc(C)nc4)cc13)CCCCCC1(COCOC1)C(=O)CC[C@@]13C[C@@H](C(=O)Cc4nc(C)ccc4C)N(C(=O)C2)[C@@H]1C3. The fourth-order valence-electron chi connectivity index (χ4n) is 9.26. The summed E-state index contributed by atoms with van der Waals surface area (Å²) in [5, 5.41) is 5.48. The largest absolute Gasteiger partial charge is 0.354 e. The van der Waals surface area contributed by atoms with Crippen molar-refractivity contribution < 1.29 is 28.7 Å². The second-order valence-electron chi connectivity index (χ2n) is 16.2. The monoisotopic (exact) mass is 732 g/mol. The highest BCUT2D eigenvalue weighted by atomic mass is 16.7. The van der Waals surface area contributed by atoms with Crippen molar-refractivity contribution in [2.45, 2.75) is 111 Å². The Morgan fingerprint density at radius 2 is 1.70 bits per heavy atom. The Morgan fingerprint density at radius 3 is 2.46 bits per heavy atom. The van der Waals surface area contributed by atoms with Crippen LogP contribution in [0.5, 0.6) is 0 Å². The quantitative estimate of drug-likeness (QED) is 0.236. The maximum Gasteiger partial charge on any atom is 0.245 e. The van der Waals surface area contributed by atoms with Crippen LogP contribution in [0.2, 0.25) is 0 Å². The third kappa shape index (κ3) is 6.68. The number of rotatable bonds is 5. The summed E-state index contributed by atoms with van der Waals surface area (Å²) in [6, 6.07) is 7.13. The summed E-state index contributed by atoms with van der Waals surface area (Å²) >= 11 is 0. The first kappa shape index (κ1) is 36.3. The highest BCUT2D eigenvalue weighted by molar-refractivity contribution is 6.07. The van der Waals surface area contributed by atoms with E-state index < -0.39 is 11.5 Å². The lowest BCUT2D eigenvalue weighted by Gasteiger charge is -2.36. The van der Waals surface area contributed by atoms with Crippen LogP contribution < -0.4 is 0 Å². The molecule has 3 aromatic heterocycles. The topological polar surface area (TPSA) is 146 Å². The Bertz CT molecular complexity index is 2150. The molecule has 1 spiro atoms. The van der Waals surface area contributed by atoms with Gasteiger partial charge in [-0.3, -0.25) is 28.8 Å². The molecule has 0 radical (unpaired) electrons. The molecule has 0 unspecified atom stereocenters. The highest BCUT2D eigenvalue weighted by Crippen LogP contribution is 2.62. The molecule has 4 aliphatic rings. The standard InChI is InChI=1S/C42H48N6O6/c1-25-9-10-26(2)45-33(25)16-35(50)34-17-41-13-11-37(51)42(22-53-24-54-23-42)12-7-5-6-8-29-14-30(31-19-43-28(4)44-20-31)15-32-39(27(3)49)46-47(40(29)32)21-38(52)48(34)36(41)18-41/h9-10,14-15,19-20,34,36H,5-8,11-13,16-18,21-24H2,1-4H3/t34-,36+,41-/m0/s1. The van der Waals surface area contributed by atoms with Gasteiger partial charge in [0.05, 0.1) is 42.3 Å². The molecule has 1 saturated carbocycles. The number of benzene rings is 1. The van der Waals surface area contributed by atoms with E-state index in [1.54, 1.807) is 22.0 Å². The van der Waals surface area contributed by atoms with Crippen molar-refractivity contribution in [1.82, 2.24) is 29.6 Å². The minimum atomic E-state index is -0.710. The third-order valence-electron chi connectivity index (χ3n) is 12.4. The van der Waals surface area contributed by atoms with Crippen LogP contribution in [0.15, 0.2) is 36.7 Å². The van der Waals surface area contributed by atoms with Crippen LogP contribution in [0.25, 0.3) is 22.0 Å². The van der Waals surface area contributed by atoms with Crippen LogP contribution in [0, 0.1) is 31.6 Å². The number of piperidine rings is 1. The molecule has 2 saturated heterocycles. The number of carbonyl (C=O) groups is 4. The Morgan fingerprint density at radius 1 is 0.926 bits per heavy atom. The Hall–Kier alpha value is -4.68. The molecule has 282 valence electrons. The van der Waals surface area contributed by atoms with Crippen molar-refractivity contribution >= 4 is 34.2 Å². The number of aryl methyl sites for hydroxylation is 4. The highest BCUT2D eigenvalue weighted by Gasteiger charge is 2.66. The molecule has 1 aromatic carbocycles. The molecule has 3 atom stereocenters. The minimum absolute atomic E-state index is 0.0530. The summed E-state index contributed by atoms with van der Waals surface area (Å²) in [6.45, 7) is 7.94. The van der Waals surface area contributed by atoms with Crippen LogP contribution in [-0.4, -0.2) is 85.0 Å². The zero-order valence-electron chi connectivity index (χ0n) is 31.7. The van der Waals surface area contributed by atoms with Gasteiger partial charge in [-0.25, -0.2) is 9.97 Å². The van der Waals surface area contributed by atoms with Gasteiger partial charge in [-0.15, -0.1) is 0 Å². The first-order valence-corrected chi connectivity index (χ1v) is 19.3.